The summed E-state index contributed by atoms with van der Waals surface area (Å²) in [6.45, 7) is 4.30. The van der Waals surface area contributed by atoms with Gasteiger partial charge < -0.3 is 5.73 Å². The molecule has 0 fully saturated rings. The van der Waals surface area contributed by atoms with E-state index >= 15 is 0 Å². The number of hydrogen-bond acceptors (Lipinski definition) is 2. The Kier molecular flexibility index (Phi) is 6.33. The van der Waals surface area contributed by atoms with Crippen molar-refractivity contribution in [3.05, 3.63) is 28.5 Å². The molecule has 0 spiro atoms. The Balaban J connectivity index is 0.00000169. The van der Waals surface area contributed by atoms with Crippen LogP contribution in [0.4, 0.5) is 0 Å². The second-order valence-corrected chi connectivity index (χ2v) is 4.05. The highest BCUT2D eigenvalue weighted by molar-refractivity contribution is 9.10. The molecule has 2 nitrogen and oxygen atoms in total. The highest BCUT2D eigenvalue weighted by Gasteiger charge is 2.15. The van der Waals surface area contributed by atoms with Crippen molar-refractivity contribution < 1.29 is 0 Å². The van der Waals surface area contributed by atoms with E-state index in [4.69, 9.17) is 5.73 Å². The minimum absolute atomic E-state index is 0. The van der Waals surface area contributed by atoms with Crippen molar-refractivity contribution in [1.29, 1.82) is 0 Å². The maximum atomic E-state index is 6.08. The fourth-order valence-corrected chi connectivity index (χ4v) is 1.72. The summed E-state index contributed by atoms with van der Waals surface area (Å²) >= 11 is 3.40. The fourth-order valence-electron chi connectivity index (χ4n) is 1.21. The van der Waals surface area contributed by atoms with Crippen molar-refractivity contribution in [3.8, 4) is 0 Å². The molecule has 0 amide bonds. The summed E-state index contributed by atoms with van der Waals surface area (Å²) in [5, 5.41) is 0. The summed E-state index contributed by atoms with van der Waals surface area (Å²) in [6, 6.07) is 4.02. The van der Waals surface area contributed by atoms with Crippen LogP contribution in [-0.2, 0) is 0 Å². The predicted molar refractivity (Wildman–Crippen MR) is 65.6 cm³/mol. The van der Waals surface area contributed by atoms with Gasteiger partial charge in [0.25, 0.3) is 0 Å². The second kappa shape index (κ2) is 6.38. The second-order valence-electron chi connectivity index (χ2n) is 3.29. The van der Waals surface area contributed by atoms with E-state index in [0.717, 1.165) is 16.6 Å². The third-order valence-electron chi connectivity index (χ3n) is 2.40. The Labute approximate surface area is 99.8 Å². The molecular formula is C10H16BrClN2. The third kappa shape index (κ3) is 3.23. The lowest BCUT2D eigenvalue weighted by Gasteiger charge is -2.19. The normalized spacial score (nSPS) is 14.3. The van der Waals surface area contributed by atoms with Gasteiger partial charge in [0.15, 0.2) is 0 Å². The standard InChI is InChI=1S/C10H15BrN2.ClH/c1-3-7(2)9(12)8-5-4-6-13-10(8)11;/h4-7,9H,3,12H2,1-2H3;1H/t7?,9-;/m1./s1. The molecule has 0 aromatic carbocycles. The zero-order valence-corrected chi connectivity index (χ0v) is 10.8. The van der Waals surface area contributed by atoms with Crippen molar-refractivity contribution in [2.45, 2.75) is 26.3 Å². The molecule has 80 valence electrons. The van der Waals surface area contributed by atoms with Gasteiger partial charge in [-0.1, -0.05) is 26.3 Å². The highest BCUT2D eigenvalue weighted by atomic mass is 79.9. The topological polar surface area (TPSA) is 38.9 Å². The van der Waals surface area contributed by atoms with Crippen molar-refractivity contribution in [1.82, 2.24) is 4.98 Å². The molecular weight excluding hydrogens is 263 g/mol. The SMILES string of the molecule is CCC(C)[C@@H](N)c1cccnc1Br.Cl. The van der Waals surface area contributed by atoms with Crippen molar-refractivity contribution >= 4 is 28.3 Å². The number of pyridine rings is 1. The van der Waals surface area contributed by atoms with Gasteiger partial charge in [0.2, 0.25) is 0 Å². The van der Waals surface area contributed by atoms with E-state index in [0.29, 0.717) is 5.92 Å². The van der Waals surface area contributed by atoms with Crippen LogP contribution in [0.3, 0.4) is 0 Å². The van der Waals surface area contributed by atoms with Gasteiger partial charge in [-0.05, 0) is 27.9 Å². The van der Waals surface area contributed by atoms with Crippen LogP contribution >= 0.6 is 28.3 Å². The number of nitrogens with two attached hydrogens (primary N) is 1. The Morgan fingerprint density at radius 3 is 2.71 bits per heavy atom. The molecule has 1 heterocycles. The summed E-state index contributed by atoms with van der Waals surface area (Å²) < 4.78 is 0.864. The maximum Gasteiger partial charge on any atom is 0.110 e. The van der Waals surface area contributed by atoms with Crippen molar-refractivity contribution in [2.75, 3.05) is 0 Å². The van der Waals surface area contributed by atoms with Gasteiger partial charge in [-0.25, -0.2) is 4.98 Å². The fraction of sp³-hybridized carbons (Fsp3) is 0.500. The quantitative estimate of drug-likeness (QED) is 0.862. The van der Waals surface area contributed by atoms with Gasteiger partial charge in [-0.15, -0.1) is 12.4 Å². The van der Waals surface area contributed by atoms with Crippen LogP contribution in [0, 0.1) is 5.92 Å². The Bertz CT molecular complexity index is 281. The lowest BCUT2D eigenvalue weighted by Crippen LogP contribution is -2.19. The molecule has 0 saturated carbocycles. The number of nitrogens with zero attached hydrogens (tertiary/aromatic N) is 1. The first-order valence-corrected chi connectivity index (χ1v) is 5.32. The Morgan fingerprint density at radius 1 is 1.57 bits per heavy atom. The molecule has 1 unspecified atom stereocenters. The number of rotatable bonds is 3. The first kappa shape index (κ1) is 13.9. The van der Waals surface area contributed by atoms with Gasteiger partial charge in [0.05, 0.1) is 0 Å². The van der Waals surface area contributed by atoms with E-state index in [-0.39, 0.29) is 18.4 Å². The van der Waals surface area contributed by atoms with Crippen molar-refractivity contribution in [3.63, 3.8) is 0 Å². The molecule has 1 rings (SSSR count). The Hall–Kier alpha value is -0.120. The molecule has 1 aromatic rings. The van der Waals surface area contributed by atoms with Gasteiger partial charge in [0, 0.05) is 17.8 Å². The zero-order valence-electron chi connectivity index (χ0n) is 8.40. The van der Waals surface area contributed by atoms with Crippen LogP contribution in [-0.4, -0.2) is 4.98 Å². The average molecular weight is 280 g/mol. The van der Waals surface area contributed by atoms with Crippen LogP contribution in [0.1, 0.15) is 31.9 Å². The average Bonchev–Trinajstić information content (AvgIpc) is 2.16. The summed E-state index contributed by atoms with van der Waals surface area (Å²) in [7, 11) is 0. The predicted octanol–water partition coefficient (Wildman–Crippen LogP) is 3.31. The van der Waals surface area contributed by atoms with Crippen molar-refractivity contribution in [2.24, 2.45) is 11.7 Å². The summed E-state index contributed by atoms with van der Waals surface area (Å²) in [4.78, 5) is 4.15. The lowest BCUT2D eigenvalue weighted by molar-refractivity contribution is 0.454. The summed E-state index contributed by atoms with van der Waals surface area (Å²) in [5.74, 6) is 0.487. The summed E-state index contributed by atoms with van der Waals surface area (Å²) in [5.41, 5.74) is 7.17. The number of halogens is 2. The highest BCUT2D eigenvalue weighted by Crippen LogP contribution is 2.26. The molecule has 2 N–H and O–H groups in total. The molecule has 1 aromatic heterocycles. The molecule has 0 bridgehead atoms. The lowest BCUT2D eigenvalue weighted by atomic mass is 9.95. The minimum atomic E-state index is 0. The van der Waals surface area contributed by atoms with Crippen LogP contribution in [0.5, 0.6) is 0 Å². The van der Waals surface area contributed by atoms with Crippen LogP contribution in [0.15, 0.2) is 22.9 Å². The Morgan fingerprint density at radius 2 is 2.21 bits per heavy atom. The van der Waals surface area contributed by atoms with Gasteiger partial charge in [-0.3, -0.25) is 0 Å². The monoisotopic (exact) mass is 278 g/mol. The maximum absolute atomic E-state index is 6.08. The van der Waals surface area contributed by atoms with Gasteiger partial charge >= 0.3 is 0 Å². The van der Waals surface area contributed by atoms with E-state index in [1.54, 1.807) is 6.20 Å². The molecule has 0 aliphatic carbocycles. The summed E-state index contributed by atoms with van der Waals surface area (Å²) in [6.07, 6.45) is 2.85. The first-order valence-electron chi connectivity index (χ1n) is 4.52. The first-order chi connectivity index (χ1) is 6.16. The smallest absolute Gasteiger partial charge is 0.110 e. The zero-order chi connectivity index (χ0) is 9.84. The molecule has 4 heteroatoms. The van der Waals surface area contributed by atoms with Crippen LogP contribution < -0.4 is 5.73 Å². The van der Waals surface area contributed by atoms with E-state index in [9.17, 15) is 0 Å². The molecule has 0 radical (unpaired) electrons. The van der Waals surface area contributed by atoms with E-state index in [1.165, 1.54) is 0 Å². The van der Waals surface area contributed by atoms with Gasteiger partial charge in [-0.2, -0.15) is 0 Å². The van der Waals surface area contributed by atoms with E-state index in [1.807, 2.05) is 12.1 Å². The molecule has 0 aliphatic rings. The molecule has 0 aliphatic heterocycles. The third-order valence-corrected chi connectivity index (χ3v) is 3.07. The largest absolute Gasteiger partial charge is 0.324 e. The molecule has 2 atom stereocenters. The molecule has 14 heavy (non-hydrogen) atoms. The van der Waals surface area contributed by atoms with Crippen LogP contribution in [0.2, 0.25) is 0 Å². The van der Waals surface area contributed by atoms with E-state index in [2.05, 4.69) is 34.8 Å². The van der Waals surface area contributed by atoms with E-state index < -0.39 is 0 Å². The van der Waals surface area contributed by atoms with Gasteiger partial charge in [0.1, 0.15) is 4.60 Å². The molecule has 0 saturated heterocycles. The number of hydrogen-bond donors (Lipinski definition) is 1. The minimum Gasteiger partial charge on any atom is -0.324 e. The van der Waals surface area contributed by atoms with Crippen LogP contribution in [0.25, 0.3) is 0 Å². The number of aromatic nitrogens is 1.